The summed E-state index contributed by atoms with van der Waals surface area (Å²) >= 11 is 0. The van der Waals surface area contributed by atoms with Gasteiger partial charge in [0, 0.05) is 12.2 Å². The number of hydrogen-bond acceptors (Lipinski definition) is 5. The maximum Gasteiger partial charge on any atom is 0.328 e. The Kier molecular flexibility index (Phi) is 3.20. The highest BCUT2D eigenvalue weighted by atomic mass is 16.5. The van der Waals surface area contributed by atoms with Gasteiger partial charge in [0.1, 0.15) is 12.4 Å². The fraction of sp³-hybridized carbons (Fsp3) is 0.214. The van der Waals surface area contributed by atoms with Crippen molar-refractivity contribution in [3.05, 3.63) is 47.7 Å². The molecule has 1 aliphatic rings. The number of carboxylic acids is 1. The first-order valence-electron chi connectivity index (χ1n) is 6.17. The van der Waals surface area contributed by atoms with E-state index in [9.17, 15) is 4.79 Å². The number of hydrogen-bond donors (Lipinski definition) is 1. The van der Waals surface area contributed by atoms with Gasteiger partial charge >= 0.3 is 5.97 Å². The van der Waals surface area contributed by atoms with Gasteiger partial charge in [-0.3, -0.25) is 0 Å². The van der Waals surface area contributed by atoms with Gasteiger partial charge in [0.05, 0.1) is 5.92 Å². The van der Waals surface area contributed by atoms with E-state index in [1.165, 1.54) is 6.08 Å². The summed E-state index contributed by atoms with van der Waals surface area (Å²) in [5.74, 6) is 0.462. The molecule has 2 heterocycles. The smallest absolute Gasteiger partial charge is 0.328 e. The number of carbonyl (C=O) groups is 1. The van der Waals surface area contributed by atoms with E-state index in [4.69, 9.17) is 14.3 Å². The van der Waals surface area contributed by atoms with Crippen LogP contribution in [0, 0.1) is 0 Å². The van der Waals surface area contributed by atoms with E-state index in [1.54, 1.807) is 0 Å². The lowest BCUT2D eigenvalue weighted by atomic mass is 9.97. The van der Waals surface area contributed by atoms with Crippen molar-refractivity contribution in [3.63, 3.8) is 0 Å². The van der Waals surface area contributed by atoms with Gasteiger partial charge in [-0.05, 0) is 18.1 Å². The summed E-state index contributed by atoms with van der Waals surface area (Å²) in [5.41, 5.74) is 1.10. The van der Waals surface area contributed by atoms with Gasteiger partial charge in [0.2, 0.25) is 11.8 Å². The largest absolute Gasteiger partial charge is 0.492 e. The molecule has 1 aromatic carbocycles. The minimum atomic E-state index is -1.06. The van der Waals surface area contributed by atoms with Crippen LogP contribution in [0.2, 0.25) is 0 Å². The summed E-state index contributed by atoms with van der Waals surface area (Å²) < 4.78 is 11.1. The minimum Gasteiger partial charge on any atom is -0.492 e. The van der Waals surface area contributed by atoms with Crippen molar-refractivity contribution >= 4 is 12.0 Å². The van der Waals surface area contributed by atoms with Crippen LogP contribution < -0.4 is 4.74 Å². The summed E-state index contributed by atoms with van der Waals surface area (Å²) in [6.07, 6.45) is 3.00. The van der Waals surface area contributed by atoms with Crippen LogP contribution in [-0.4, -0.2) is 27.9 Å². The van der Waals surface area contributed by atoms with Crippen molar-refractivity contribution in [2.45, 2.75) is 12.3 Å². The number of aromatic nitrogens is 2. The van der Waals surface area contributed by atoms with Gasteiger partial charge in [0.25, 0.3) is 0 Å². The average Bonchev–Trinajstić information content (AvgIpc) is 2.93. The van der Waals surface area contributed by atoms with Crippen molar-refractivity contribution in [1.82, 2.24) is 10.2 Å². The zero-order valence-electron chi connectivity index (χ0n) is 10.5. The molecule has 1 atom stereocenters. The molecule has 6 nitrogen and oxygen atoms in total. The normalized spacial score (nSPS) is 17.7. The van der Waals surface area contributed by atoms with Crippen LogP contribution in [0.15, 0.2) is 34.8 Å². The molecule has 0 aliphatic carbocycles. The molecule has 0 radical (unpaired) electrons. The molecule has 0 saturated heterocycles. The third-order valence-corrected chi connectivity index (χ3v) is 3.05. The summed E-state index contributed by atoms with van der Waals surface area (Å²) in [6, 6.07) is 7.82. The lowest BCUT2D eigenvalue weighted by Crippen LogP contribution is -2.19. The Bertz CT molecular complexity index is 663. The second-order valence-corrected chi connectivity index (χ2v) is 4.47. The number of para-hydroxylation sites is 1. The van der Waals surface area contributed by atoms with Crippen LogP contribution in [0.5, 0.6) is 5.75 Å². The molecule has 0 saturated carbocycles. The Balaban J connectivity index is 1.77. The first-order valence-corrected chi connectivity index (χ1v) is 6.17. The number of carboxylic acid groups (broad SMARTS) is 1. The average molecular weight is 272 g/mol. The van der Waals surface area contributed by atoms with E-state index in [1.807, 2.05) is 24.3 Å². The molecule has 6 heteroatoms. The highest BCUT2D eigenvalue weighted by Crippen LogP contribution is 2.31. The van der Waals surface area contributed by atoms with Gasteiger partial charge in [-0.2, -0.15) is 0 Å². The van der Waals surface area contributed by atoms with Crippen LogP contribution in [0.1, 0.15) is 23.3 Å². The van der Waals surface area contributed by atoms with Gasteiger partial charge in [-0.25, -0.2) is 4.79 Å². The number of aliphatic carboxylic acids is 1. The van der Waals surface area contributed by atoms with Crippen molar-refractivity contribution in [3.8, 4) is 5.75 Å². The number of fused-ring (bicyclic) bond motifs is 1. The minimum absolute atomic E-state index is 0.00984. The molecule has 0 fully saturated rings. The Labute approximate surface area is 114 Å². The zero-order chi connectivity index (χ0) is 13.9. The van der Waals surface area contributed by atoms with E-state index in [0.29, 0.717) is 12.5 Å². The molecular weight excluding hydrogens is 260 g/mol. The van der Waals surface area contributed by atoms with Crippen LogP contribution in [-0.2, 0) is 11.2 Å². The first kappa shape index (κ1) is 12.4. The third kappa shape index (κ3) is 2.54. The van der Waals surface area contributed by atoms with E-state index in [-0.39, 0.29) is 11.8 Å². The van der Waals surface area contributed by atoms with Crippen LogP contribution in [0.25, 0.3) is 6.08 Å². The van der Waals surface area contributed by atoms with Crippen LogP contribution >= 0.6 is 0 Å². The Morgan fingerprint density at radius 1 is 1.35 bits per heavy atom. The zero-order valence-corrected chi connectivity index (χ0v) is 10.5. The lowest BCUT2D eigenvalue weighted by Gasteiger charge is -2.22. The van der Waals surface area contributed by atoms with Gasteiger partial charge in [0.15, 0.2) is 0 Å². The van der Waals surface area contributed by atoms with Crippen molar-refractivity contribution < 1.29 is 19.1 Å². The van der Waals surface area contributed by atoms with Crippen molar-refractivity contribution in [1.29, 1.82) is 0 Å². The summed E-state index contributed by atoms with van der Waals surface area (Å²) in [6.45, 7) is 0.474. The van der Waals surface area contributed by atoms with Crippen molar-refractivity contribution in [2.24, 2.45) is 0 Å². The number of nitrogens with zero attached hydrogens (tertiary/aromatic N) is 2. The Hall–Kier alpha value is -2.63. The molecule has 2 aromatic rings. The second-order valence-electron chi connectivity index (χ2n) is 4.47. The van der Waals surface area contributed by atoms with Gasteiger partial charge < -0.3 is 14.3 Å². The molecule has 1 unspecified atom stereocenters. The molecular formula is C14H12N2O4. The summed E-state index contributed by atoms with van der Waals surface area (Å²) in [7, 11) is 0. The van der Waals surface area contributed by atoms with E-state index in [0.717, 1.165) is 23.8 Å². The topological polar surface area (TPSA) is 85.5 Å². The fourth-order valence-electron chi connectivity index (χ4n) is 2.11. The van der Waals surface area contributed by atoms with Crippen LogP contribution in [0.3, 0.4) is 0 Å². The summed E-state index contributed by atoms with van der Waals surface area (Å²) in [5, 5.41) is 16.3. The standard InChI is InChI=1S/C14H12N2O4/c17-13(18)6-5-12-15-16-14(20-12)10-7-9-3-1-2-4-11(9)19-8-10/h1-6,10H,7-8H2,(H,17,18)/b6-5+. The number of ether oxygens (including phenoxy) is 1. The molecule has 20 heavy (non-hydrogen) atoms. The monoisotopic (exact) mass is 272 g/mol. The maximum atomic E-state index is 10.4. The predicted molar refractivity (Wildman–Crippen MR) is 69.3 cm³/mol. The SMILES string of the molecule is O=C(O)/C=C/c1nnc(C2COc3ccccc3C2)o1. The molecule has 0 bridgehead atoms. The van der Waals surface area contributed by atoms with Gasteiger partial charge in [-0.15, -0.1) is 10.2 Å². The maximum absolute atomic E-state index is 10.4. The second kappa shape index (κ2) is 5.16. The molecule has 0 amide bonds. The van der Waals surface area contributed by atoms with Gasteiger partial charge in [-0.1, -0.05) is 18.2 Å². The number of benzene rings is 1. The molecule has 102 valence electrons. The number of rotatable bonds is 3. The lowest BCUT2D eigenvalue weighted by molar-refractivity contribution is -0.131. The predicted octanol–water partition coefficient (Wildman–Crippen LogP) is 1.89. The Morgan fingerprint density at radius 3 is 3.05 bits per heavy atom. The molecule has 1 aromatic heterocycles. The van der Waals surface area contributed by atoms with Crippen LogP contribution in [0.4, 0.5) is 0 Å². The fourth-order valence-corrected chi connectivity index (χ4v) is 2.11. The third-order valence-electron chi connectivity index (χ3n) is 3.05. The Morgan fingerprint density at radius 2 is 2.20 bits per heavy atom. The molecule has 1 aliphatic heterocycles. The molecule has 0 spiro atoms. The molecule has 1 N–H and O–H groups in total. The quantitative estimate of drug-likeness (QED) is 0.859. The summed E-state index contributed by atoms with van der Waals surface area (Å²) in [4.78, 5) is 10.4. The van der Waals surface area contributed by atoms with Crippen molar-refractivity contribution in [2.75, 3.05) is 6.61 Å². The van der Waals surface area contributed by atoms with E-state index < -0.39 is 5.97 Å². The highest BCUT2D eigenvalue weighted by Gasteiger charge is 2.25. The highest BCUT2D eigenvalue weighted by molar-refractivity contribution is 5.84. The van der Waals surface area contributed by atoms with E-state index >= 15 is 0 Å². The molecule has 3 rings (SSSR count). The van der Waals surface area contributed by atoms with E-state index in [2.05, 4.69) is 10.2 Å². The first-order chi connectivity index (χ1) is 9.72.